The van der Waals surface area contributed by atoms with E-state index < -0.39 is 0 Å². The third-order valence-corrected chi connectivity index (χ3v) is 5.62. The maximum atomic E-state index is 13.0. The van der Waals surface area contributed by atoms with Gasteiger partial charge in [-0.05, 0) is 42.8 Å². The second-order valence-electron chi connectivity index (χ2n) is 8.02. The molecule has 0 aliphatic rings. The van der Waals surface area contributed by atoms with Crippen molar-refractivity contribution in [1.82, 2.24) is 15.3 Å². The van der Waals surface area contributed by atoms with Crippen molar-refractivity contribution >= 4 is 33.8 Å². The number of hydrogen-bond acceptors (Lipinski definition) is 2. The van der Waals surface area contributed by atoms with Gasteiger partial charge in [-0.1, -0.05) is 60.2 Å². The highest BCUT2D eigenvalue weighted by Crippen LogP contribution is 2.32. The zero-order chi connectivity index (χ0) is 22.8. The molecule has 2 aromatic heterocycles. The van der Waals surface area contributed by atoms with Crippen LogP contribution in [0.3, 0.4) is 0 Å². The van der Waals surface area contributed by atoms with E-state index >= 15 is 0 Å². The maximum absolute atomic E-state index is 13.0. The number of aryl methyl sites for hydroxylation is 1. The van der Waals surface area contributed by atoms with Gasteiger partial charge in [0.1, 0.15) is 5.82 Å². The van der Waals surface area contributed by atoms with Gasteiger partial charge in [0, 0.05) is 27.9 Å². The van der Waals surface area contributed by atoms with E-state index in [1.54, 1.807) is 18.2 Å². The van der Waals surface area contributed by atoms with Gasteiger partial charge in [-0.3, -0.25) is 4.79 Å². The molecule has 0 saturated carbocycles. The van der Waals surface area contributed by atoms with Gasteiger partial charge >= 0.3 is 0 Å². The fourth-order valence-electron chi connectivity index (χ4n) is 3.89. The summed E-state index contributed by atoms with van der Waals surface area (Å²) in [6.45, 7) is 2.35. The van der Waals surface area contributed by atoms with E-state index in [2.05, 4.69) is 53.6 Å². The van der Waals surface area contributed by atoms with Gasteiger partial charge < -0.3 is 10.3 Å². The molecule has 0 aliphatic carbocycles. The molecule has 2 N–H and O–H groups in total. The summed E-state index contributed by atoms with van der Waals surface area (Å²) in [7, 11) is 0. The summed E-state index contributed by atoms with van der Waals surface area (Å²) in [4.78, 5) is 20.8. The molecule has 4 nitrogen and oxygen atoms in total. The highest BCUT2D eigenvalue weighted by Gasteiger charge is 2.13. The predicted octanol–water partition coefficient (Wildman–Crippen LogP) is 6.16. The lowest BCUT2D eigenvalue weighted by molar-refractivity contribution is -0.116. The molecule has 5 heteroatoms. The zero-order valence-corrected chi connectivity index (χ0v) is 18.1. The van der Waals surface area contributed by atoms with Crippen LogP contribution in [0.25, 0.3) is 39.1 Å². The second kappa shape index (κ2) is 8.71. The first kappa shape index (κ1) is 20.6. The number of hydrogen-bond donors (Lipinski definition) is 2. The quantitative estimate of drug-likeness (QED) is 0.325. The minimum atomic E-state index is -0.306. The first-order chi connectivity index (χ1) is 16.1. The molecule has 0 fully saturated rings. The molecule has 5 aromatic rings. The third-order valence-electron chi connectivity index (χ3n) is 5.62. The molecule has 2 heterocycles. The van der Waals surface area contributed by atoms with Crippen molar-refractivity contribution in [3.63, 3.8) is 0 Å². The predicted molar refractivity (Wildman–Crippen MR) is 131 cm³/mol. The summed E-state index contributed by atoms with van der Waals surface area (Å²) in [5, 5.41) is 5.09. The Balaban J connectivity index is 1.46. The fraction of sp³-hybridized carbons (Fsp3) is 0.0714. The Morgan fingerprint density at radius 3 is 2.55 bits per heavy atom. The number of H-pyrrole nitrogens is 1. The summed E-state index contributed by atoms with van der Waals surface area (Å²) >= 11 is 0. The lowest BCUT2D eigenvalue weighted by Crippen LogP contribution is -2.21. The van der Waals surface area contributed by atoms with Crippen molar-refractivity contribution in [3.05, 3.63) is 108 Å². The minimum absolute atomic E-state index is 0.239. The number of nitrogens with one attached hydrogen (secondary N) is 2. The second-order valence-corrected chi connectivity index (χ2v) is 8.02. The van der Waals surface area contributed by atoms with E-state index in [1.165, 1.54) is 23.8 Å². The molecule has 3 aromatic carbocycles. The Morgan fingerprint density at radius 1 is 1.00 bits per heavy atom. The largest absolute Gasteiger partial charge is 0.353 e. The molecule has 0 radical (unpaired) electrons. The molecule has 0 bridgehead atoms. The molecule has 0 atom stereocenters. The number of pyridine rings is 1. The number of amides is 1. The topological polar surface area (TPSA) is 57.8 Å². The van der Waals surface area contributed by atoms with Crippen molar-refractivity contribution in [3.8, 4) is 11.3 Å². The van der Waals surface area contributed by atoms with Crippen molar-refractivity contribution in [2.24, 2.45) is 0 Å². The Morgan fingerprint density at radius 2 is 1.76 bits per heavy atom. The highest BCUT2D eigenvalue weighted by molar-refractivity contribution is 6.11. The van der Waals surface area contributed by atoms with Crippen molar-refractivity contribution in [1.29, 1.82) is 0 Å². The average molecular weight is 436 g/mol. The van der Waals surface area contributed by atoms with Crippen LogP contribution in [0.1, 0.15) is 16.8 Å². The molecule has 0 unspecified atom stereocenters. The molecule has 33 heavy (non-hydrogen) atoms. The van der Waals surface area contributed by atoms with E-state index in [1.807, 2.05) is 18.2 Å². The summed E-state index contributed by atoms with van der Waals surface area (Å²) < 4.78 is 13.0. The van der Waals surface area contributed by atoms with Crippen LogP contribution in [-0.2, 0) is 11.3 Å². The monoisotopic (exact) mass is 435 g/mol. The third kappa shape index (κ3) is 4.39. The van der Waals surface area contributed by atoms with Crippen LogP contribution in [0, 0.1) is 12.7 Å². The molecule has 162 valence electrons. The van der Waals surface area contributed by atoms with Crippen LogP contribution in [-0.4, -0.2) is 15.9 Å². The standard InChI is InChI=1S/C28H22FN3O/c1-18-6-11-20(12-7-18)27-28-24(23-4-2-3-5-25(23)32-28)16-22(31-27)17-30-26(33)15-10-19-8-13-21(29)14-9-19/h2-16,32H,17H2,1H3,(H,30,33)/b15-10+. The number of benzene rings is 3. The number of aromatic nitrogens is 2. The lowest BCUT2D eigenvalue weighted by Gasteiger charge is -2.08. The Bertz CT molecular complexity index is 1480. The van der Waals surface area contributed by atoms with Gasteiger partial charge in [0.15, 0.2) is 0 Å². The van der Waals surface area contributed by atoms with E-state index in [-0.39, 0.29) is 11.7 Å². The van der Waals surface area contributed by atoms with Crippen LogP contribution < -0.4 is 5.32 Å². The van der Waals surface area contributed by atoms with Crippen molar-refractivity contribution < 1.29 is 9.18 Å². The number of carbonyl (C=O) groups excluding carboxylic acids is 1. The molecule has 1 amide bonds. The molecular formula is C28H22FN3O. The number of nitrogens with zero attached hydrogens (tertiary/aromatic N) is 1. The van der Waals surface area contributed by atoms with Crippen LogP contribution >= 0.6 is 0 Å². The Labute approximate surface area is 190 Å². The van der Waals surface area contributed by atoms with Crippen LogP contribution in [0.5, 0.6) is 0 Å². The van der Waals surface area contributed by atoms with Crippen LogP contribution in [0.4, 0.5) is 4.39 Å². The summed E-state index contributed by atoms with van der Waals surface area (Å²) in [6.07, 6.45) is 3.10. The van der Waals surface area contributed by atoms with Crippen LogP contribution in [0.15, 0.2) is 84.9 Å². The first-order valence-electron chi connectivity index (χ1n) is 10.8. The van der Waals surface area contributed by atoms with Crippen molar-refractivity contribution in [2.45, 2.75) is 13.5 Å². The normalized spacial score (nSPS) is 11.5. The van der Waals surface area contributed by atoms with E-state index in [4.69, 9.17) is 4.98 Å². The molecule has 5 rings (SSSR count). The van der Waals surface area contributed by atoms with Gasteiger partial charge in [0.25, 0.3) is 0 Å². The number of aromatic amines is 1. The smallest absolute Gasteiger partial charge is 0.244 e. The fourth-order valence-corrected chi connectivity index (χ4v) is 3.89. The summed E-state index contributed by atoms with van der Waals surface area (Å²) in [6, 6.07) is 24.4. The van der Waals surface area contributed by atoms with Gasteiger partial charge in [-0.2, -0.15) is 0 Å². The average Bonchev–Trinajstić information content (AvgIpc) is 3.21. The molecule has 0 saturated heterocycles. The number of para-hydroxylation sites is 1. The Hall–Kier alpha value is -4.25. The summed E-state index contributed by atoms with van der Waals surface area (Å²) in [5.41, 5.74) is 6.61. The molecular weight excluding hydrogens is 413 g/mol. The number of rotatable bonds is 5. The molecule has 0 aliphatic heterocycles. The van der Waals surface area contributed by atoms with Gasteiger partial charge in [-0.25, -0.2) is 9.37 Å². The first-order valence-corrected chi connectivity index (χ1v) is 10.8. The minimum Gasteiger partial charge on any atom is -0.353 e. The molecule has 0 spiro atoms. The number of fused-ring (bicyclic) bond motifs is 3. The van der Waals surface area contributed by atoms with Crippen molar-refractivity contribution in [2.75, 3.05) is 0 Å². The van der Waals surface area contributed by atoms with Gasteiger partial charge in [0.2, 0.25) is 5.91 Å². The van der Waals surface area contributed by atoms with E-state index in [0.717, 1.165) is 44.3 Å². The highest BCUT2D eigenvalue weighted by atomic mass is 19.1. The Kier molecular flexibility index (Phi) is 5.45. The SMILES string of the molecule is Cc1ccc(-c2nc(CNC(=O)/C=C/c3ccc(F)cc3)cc3c2[nH]c2ccccc23)cc1. The van der Waals surface area contributed by atoms with E-state index in [9.17, 15) is 9.18 Å². The number of carbonyl (C=O) groups is 1. The lowest BCUT2D eigenvalue weighted by atomic mass is 10.1. The summed E-state index contributed by atoms with van der Waals surface area (Å²) in [5.74, 6) is -0.545. The number of halogens is 1. The van der Waals surface area contributed by atoms with E-state index in [0.29, 0.717) is 6.54 Å². The van der Waals surface area contributed by atoms with Gasteiger partial charge in [-0.15, -0.1) is 0 Å². The maximum Gasteiger partial charge on any atom is 0.244 e. The van der Waals surface area contributed by atoms with Crippen LogP contribution in [0.2, 0.25) is 0 Å². The zero-order valence-electron chi connectivity index (χ0n) is 18.1. The van der Waals surface area contributed by atoms with Gasteiger partial charge in [0.05, 0.1) is 23.4 Å².